The van der Waals surface area contributed by atoms with E-state index in [4.69, 9.17) is 0 Å². The molecule has 0 fully saturated rings. The highest BCUT2D eigenvalue weighted by Crippen LogP contribution is 2.22. The molecule has 0 aliphatic carbocycles. The molecule has 0 saturated carbocycles. The minimum absolute atomic E-state index is 0.0190. The second kappa shape index (κ2) is 9.54. The van der Waals surface area contributed by atoms with Gasteiger partial charge in [-0.05, 0) is 66.8 Å². The molecular formula is C25H28N4O3S. The number of amides is 1. The van der Waals surface area contributed by atoms with E-state index >= 15 is 0 Å². The van der Waals surface area contributed by atoms with Gasteiger partial charge in [0.2, 0.25) is 11.9 Å². The van der Waals surface area contributed by atoms with Gasteiger partial charge in [-0.3, -0.25) is 4.79 Å². The number of sulfonamides is 1. The fourth-order valence-corrected chi connectivity index (χ4v) is 4.06. The molecule has 1 aromatic heterocycles. The Kier molecular flexibility index (Phi) is 6.98. The number of carbonyl (C=O) groups excluding carboxylic acids is 1. The zero-order chi connectivity index (χ0) is 24.2. The third-order valence-corrected chi connectivity index (χ3v) is 6.19. The number of nitrogens with zero attached hydrogens (tertiary/aromatic N) is 2. The van der Waals surface area contributed by atoms with E-state index in [-0.39, 0.29) is 22.2 Å². The summed E-state index contributed by atoms with van der Waals surface area (Å²) in [6, 6.07) is 15.7. The number of hydrogen-bond donors (Lipinski definition) is 2. The number of nitrogens with one attached hydrogen (secondary N) is 2. The van der Waals surface area contributed by atoms with Crippen LogP contribution in [0.4, 0.5) is 11.6 Å². The summed E-state index contributed by atoms with van der Waals surface area (Å²) in [4.78, 5) is 20.5. The summed E-state index contributed by atoms with van der Waals surface area (Å²) in [7, 11) is -3.85. The number of hydrogen-bond acceptors (Lipinski definition) is 5. The molecule has 0 spiro atoms. The van der Waals surface area contributed by atoms with Gasteiger partial charge >= 0.3 is 0 Å². The highest BCUT2D eigenvalue weighted by Gasteiger charge is 2.16. The Morgan fingerprint density at radius 1 is 0.909 bits per heavy atom. The lowest BCUT2D eigenvalue weighted by molar-refractivity contribution is -0.111. The Labute approximate surface area is 195 Å². The number of benzene rings is 2. The van der Waals surface area contributed by atoms with Crippen molar-refractivity contribution in [1.82, 2.24) is 9.97 Å². The van der Waals surface area contributed by atoms with Crippen molar-refractivity contribution in [3.63, 3.8) is 0 Å². The van der Waals surface area contributed by atoms with Gasteiger partial charge in [-0.15, -0.1) is 0 Å². The molecule has 7 nitrogen and oxygen atoms in total. The van der Waals surface area contributed by atoms with E-state index in [1.807, 2.05) is 24.3 Å². The van der Waals surface area contributed by atoms with Gasteiger partial charge in [0.1, 0.15) is 0 Å². The zero-order valence-corrected chi connectivity index (χ0v) is 20.2. The molecule has 8 heteroatoms. The summed E-state index contributed by atoms with van der Waals surface area (Å²) in [5, 5.41) is 2.73. The van der Waals surface area contributed by atoms with Gasteiger partial charge in [-0.2, -0.15) is 0 Å². The Bertz CT molecular complexity index is 1250. The summed E-state index contributed by atoms with van der Waals surface area (Å²) in [6.45, 7) is 9.97. The van der Waals surface area contributed by atoms with Crippen molar-refractivity contribution in [2.45, 2.75) is 44.9 Å². The second-order valence-corrected chi connectivity index (χ2v) is 10.5. The predicted octanol–water partition coefficient (Wildman–Crippen LogP) is 4.84. The highest BCUT2D eigenvalue weighted by atomic mass is 32.2. The van der Waals surface area contributed by atoms with Crippen molar-refractivity contribution in [2.24, 2.45) is 0 Å². The number of aromatic nitrogens is 2. The zero-order valence-electron chi connectivity index (χ0n) is 19.4. The Hall–Kier alpha value is -3.52. The molecule has 0 saturated heterocycles. The summed E-state index contributed by atoms with van der Waals surface area (Å²) in [6.07, 6.45) is 3.17. The fraction of sp³-hybridized carbons (Fsp3) is 0.240. The van der Waals surface area contributed by atoms with Gasteiger partial charge in [0.05, 0.1) is 4.90 Å². The highest BCUT2D eigenvalue weighted by molar-refractivity contribution is 7.92. The van der Waals surface area contributed by atoms with Crippen molar-refractivity contribution in [1.29, 1.82) is 0 Å². The molecule has 3 rings (SSSR count). The third-order valence-electron chi connectivity index (χ3n) is 4.84. The molecule has 1 heterocycles. The van der Waals surface area contributed by atoms with Crippen molar-refractivity contribution < 1.29 is 13.2 Å². The molecule has 0 unspecified atom stereocenters. The van der Waals surface area contributed by atoms with E-state index in [1.165, 1.54) is 35.9 Å². The molecule has 0 atom stereocenters. The molecule has 1 amide bonds. The lowest BCUT2D eigenvalue weighted by Crippen LogP contribution is -2.16. The van der Waals surface area contributed by atoms with Crippen molar-refractivity contribution in [3.8, 4) is 0 Å². The van der Waals surface area contributed by atoms with Gasteiger partial charge in [0.15, 0.2) is 0 Å². The van der Waals surface area contributed by atoms with Crippen LogP contribution in [0.25, 0.3) is 6.08 Å². The fourth-order valence-electron chi connectivity index (χ4n) is 3.12. The second-order valence-electron chi connectivity index (χ2n) is 8.80. The van der Waals surface area contributed by atoms with Crippen LogP contribution < -0.4 is 10.0 Å². The van der Waals surface area contributed by atoms with Crippen LogP contribution in [0, 0.1) is 13.8 Å². The topological polar surface area (TPSA) is 101 Å². The van der Waals surface area contributed by atoms with Crippen LogP contribution in [0.5, 0.6) is 0 Å². The molecule has 0 bridgehead atoms. The van der Waals surface area contributed by atoms with Gasteiger partial charge in [-0.25, -0.2) is 23.1 Å². The van der Waals surface area contributed by atoms with Crippen LogP contribution in [0.2, 0.25) is 0 Å². The predicted molar refractivity (Wildman–Crippen MR) is 132 cm³/mol. The first-order chi connectivity index (χ1) is 15.4. The molecule has 0 aliphatic rings. The van der Waals surface area contributed by atoms with Crippen LogP contribution in [0.3, 0.4) is 0 Å². The smallest absolute Gasteiger partial charge is 0.264 e. The molecular weight excluding hydrogens is 436 g/mol. The SMILES string of the molecule is Cc1cc(C)nc(NS(=O)(=O)c2ccc(NC(=O)C=Cc3ccc(C(C)(C)C)cc3)cc2)n1. The van der Waals surface area contributed by atoms with Crippen LogP contribution in [-0.4, -0.2) is 24.3 Å². The van der Waals surface area contributed by atoms with E-state index < -0.39 is 10.0 Å². The largest absolute Gasteiger partial charge is 0.323 e. The van der Waals surface area contributed by atoms with Crippen molar-refractivity contribution in [3.05, 3.63) is 83.2 Å². The molecule has 2 N–H and O–H groups in total. The lowest BCUT2D eigenvalue weighted by Gasteiger charge is -2.18. The van der Waals surface area contributed by atoms with Crippen LogP contribution in [-0.2, 0) is 20.2 Å². The molecule has 3 aromatic rings. The first-order valence-electron chi connectivity index (χ1n) is 10.5. The van der Waals surface area contributed by atoms with Crippen LogP contribution in [0.15, 0.2) is 65.6 Å². The number of anilines is 2. The van der Waals surface area contributed by atoms with Crippen LogP contribution >= 0.6 is 0 Å². The first-order valence-corrected chi connectivity index (χ1v) is 12.0. The Morgan fingerprint density at radius 2 is 1.48 bits per heavy atom. The van der Waals surface area contributed by atoms with Gasteiger partial charge in [-0.1, -0.05) is 45.0 Å². The summed E-state index contributed by atoms with van der Waals surface area (Å²) < 4.78 is 27.6. The first kappa shape index (κ1) is 24.1. The average molecular weight is 465 g/mol. The third kappa shape index (κ3) is 6.73. The molecule has 172 valence electrons. The Balaban J connectivity index is 1.63. The Morgan fingerprint density at radius 3 is 2.03 bits per heavy atom. The van der Waals surface area contributed by atoms with Crippen LogP contribution in [0.1, 0.15) is 43.3 Å². The van der Waals surface area contributed by atoms with E-state index in [2.05, 4.69) is 40.8 Å². The summed E-state index contributed by atoms with van der Waals surface area (Å²) in [5.41, 5.74) is 4.01. The normalized spacial score (nSPS) is 12.0. The van der Waals surface area contributed by atoms with E-state index in [0.29, 0.717) is 17.1 Å². The number of aryl methyl sites for hydroxylation is 2. The molecule has 2 aromatic carbocycles. The monoisotopic (exact) mass is 464 g/mol. The van der Waals surface area contributed by atoms with E-state index in [9.17, 15) is 13.2 Å². The summed E-state index contributed by atoms with van der Waals surface area (Å²) >= 11 is 0. The molecule has 33 heavy (non-hydrogen) atoms. The summed E-state index contributed by atoms with van der Waals surface area (Å²) in [5.74, 6) is -0.294. The quantitative estimate of drug-likeness (QED) is 0.508. The molecule has 0 radical (unpaired) electrons. The number of rotatable bonds is 6. The van der Waals surface area contributed by atoms with E-state index in [0.717, 1.165) is 5.56 Å². The maximum Gasteiger partial charge on any atom is 0.264 e. The van der Waals surface area contributed by atoms with Crippen molar-refractivity contribution >= 4 is 33.6 Å². The minimum atomic E-state index is -3.85. The average Bonchev–Trinajstić information content (AvgIpc) is 2.71. The standard InChI is InChI=1S/C25H28N4O3S/c1-17-16-18(2)27-24(26-17)29-33(31,32)22-13-11-21(12-14-22)28-23(30)15-8-19-6-9-20(10-7-19)25(3,4)5/h6-16H,1-5H3,(H,28,30)(H,26,27,29). The minimum Gasteiger partial charge on any atom is -0.323 e. The molecule has 0 aliphatic heterocycles. The van der Waals surface area contributed by atoms with Gasteiger partial charge in [0, 0.05) is 23.2 Å². The maximum absolute atomic E-state index is 12.6. The lowest BCUT2D eigenvalue weighted by atomic mass is 9.87. The maximum atomic E-state index is 12.6. The van der Waals surface area contributed by atoms with E-state index in [1.54, 1.807) is 26.0 Å². The van der Waals surface area contributed by atoms with Crippen molar-refractivity contribution in [2.75, 3.05) is 10.0 Å². The van der Waals surface area contributed by atoms with Gasteiger partial charge < -0.3 is 5.32 Å². The van der Waals surface area contributed by atoms with Gasteiger partial charge in [0.25, 0.3) is 10.0 Å². The number of carbonyl (C=O) groups is 1.